The lowest BCUT2D eigenvalue weighted by molar-refractivity contribution is -0.269. The maximum atomic E-state index is 14.0. The van der Waals surface area contributed by atoms with Gasteiger partial charge in [0, 0.05) is 32.7 Å². The number of aliphatic hydroxyl groups excluding tert-OH is 4. The van der Waals surface area contributed by atoms with Crippen molar-refractivity contribution in [3.05, 3.63) is 0 Å². The molecule has 498 valence electrons. The Balaban J connectivity index is 0.00000942. The lowest BCUT2D eigenvalue weighted by Gasteiger charge is -2.43. The third kappa shape index (κ3) is 38.9. The third-order valence-corrected chi connectivity index (χ3v) is 15.0. The van der Waals surface area contributed by atoms with Crippen LogP contribution in [0, 0.1) is 0 Å². The molecule has 85 heavy (non-hydrogen) atoms. The molecule has 1 aliphatic heterocycles. The molecule has 14 N–H and O–H groups in total. The molecule has 0 saturated carbocycles. The fourth-order valence-electron chi connectivity index (χ4n) is 9.57. The Hall–Kier alpha value is -3.88. The molecule has 4 amide bonds. The minimum atomic E-state index is -2.73. The SMILES string of the molecule is CCCCCCCCCCCCCCCC(=O)OC([C@H](CO)OC(=O)CCCCCCCCCCCCCCC)[C@@](C)(N)C(=O)N[C@H](CCC(=O)N[C@@H](C)C(=O)OCC(C)O[C@H]1[C@H](O)[C@@H](CO)O[C@H](O)[C@@H]1NC(C)=O)C(N)=O.NCCO[PH](=O)O. The first-order chi connectivity index (χ1) is 40.5. The summed E-state index contributed by atoms with van der Waals surface area (Å²) in [6, 6.07) is -3.94. The summed E-state index contributed by atoms with van der Waals surface area (Å²) in [5, 5.41) is 48.5. The molecule has 1 saturated heterocycles. The largest absolute Gasteiger partial charge is 0.461 e. The van der Waals surface area contributed by atoms with E-state index in [0.717, 1.165) is 51.4 Å². The van der Waals surface area contributed by atoms with Crippen molar-refractivity contribution in [1.29, 1.82) is 0 Å². The number of primary amides is 1. The summed E-state index contributed by atoms with van der Waals surface area (Å²) in [7, 11) is -2.73. The molecule has 0 aromatic rings. The van der Waals surface area contributed by atoms with E-state index in [4.69, 9.17) is 45.8 Å². The van der Waals surface area contributed by atoms with Gasteiger partial charge in [-0.05, 0) is 40.0 Å². The molecule has 0 aromatic carbocycles. The van der Waals surface area contributed by atoms with Crippen LogP contribution < -0.4 is 33.2 Å². The number of ether oxygens (including phenoxy) is 5. The molecular formula is C59H113N6O19P. The van der Waals surface area contributed by atoms with Crippen LogP contribution in [0.5, 0.6) is 0 Å². The number of carbonyl (C=O) groups excluding carboxylic acids is 7. The van der Waals surface area contributed by atoms with Gasteiger partial charge in [-0.25, -0.2) is 4.79 Å². The van der Waals surface area contributed by atoms with Crippen molar-refractivity contribution in [2.24, 2.45) is 17.2 Å². The van der Waals surface area contributed by atoms with E-state index < -0.39 is 143 Å². The standard InChI is InChI=1S/C57H105N5O16.C2H8NO3P/c1-7-9-11-13-15-17-19-21-23-25-27-29-31-33-47(67)76-45(38-64)52(78-48(68)34-32-30-28-26-24-22-20-18-16-14-12-10-8-2)57(6,59)56(73)62-43(53(58)70)35-36-46(66)60-41(4)54(71)74-39-40(3)75-51-49(61-42(5)65)55(72)77-44(37-63)50(51)69;3-1-2-6-7(4)5/h40-41,43-45,49-52,55,63-64,69,72H,7-39,59H2,1-6H3,(H2,58,70)(H,60,66)(H,61,65)(H,62,73);7H,1-3H2,(H,4,5)/t40?,41-,43+,44+,45-,49+,50+,51+,52?,55-,57+;/m0./s1. The van der Waals surface area contributed by atoms with Crippen LogP contribution in [0.3, 0.4) is 0 Å². The van der Waals surface area contributed by atoms with Crippen LogP contribution in [0.1, 0.15) is 234 Å². The Bertz CT molecular complexity index is 1860. The maximum Gasteiger partial charge on any atom is 0.328 e. The van der Waals surface area contributed by atoms with E-state index in [2.05, 4.69) is 34.3 Å². The van der Waals surface area contributed by atoms with Gasteiger partial charge in [0.05, 0.1) is 25.9 Å². The lowest BCUT2D eigenvalue weighted by atomic mass is 9.89. The number of hydrogen-bond donors (Lipinski definition) is 11. The number of amides is 4. The average molecular weight is 1240 g/mol. The minimum Gasteiger partial charge on any atom is -0.461 e. The van der Waals surface area contributed by atoms with Crippen LogP contribution >= 0.6 is 8.25 Å². The molecular weight excluding hydrogens is 1130 g/mol. The second-order valence-corrected chi connectivity index (χ2v) is 23.4. The van der Waals surface area contributed by atoms with Gasteiger partial charge >= 0.3 is 26.2 Å². The zero-order valence-electron chi connectivity index (χ0n) is 52.2. The summed E-state index contributed by atoms with van der Waals surface area (Å²) in [4.78, 5) is 98.9. The molecule has 1 aliphatic rings. The van der Waals surface area contributed by atoms with Gasteiger partial charge in [0.25, 0.3) is 0 Å². The smallest absolute Gasteiger partial charge is 0.328 e. The van der Waals surface area contributed by atoms with Crippen LogP contribution in [-0.4, -0.2) is 166 Å². The monoisotopic (exact) mass is 1240 g/mol. The van der Waals surface area contributed by atoms with Crippen molar-refractivity contribution < 1.29 is 91.7 Å². The molecule has 3 unspecified atom stereocenters. The quantitative estimate of drug-likeness (QED) is 0.0166. The molecule has 0 bridgehead atoms. The van der Waals surface area contributed by atoms with Crippen molar-refractivity contribution in [2.45, 2.75) is 301 Å². The first kappa shape index (κ1) is 81.1. The van der Waals surface area contributed by atoms with E-state index in [9.17, 15) is 58.6 Å². The summed E-state index contributed by atoms with van der Waals surface area (Å²) in [6.45, 7) is 8.19. The van der Waals surface area contributed by atoms with Crippen molar-refractivity contribution >= 4 is 49.8 Å². The zero-order valence-corrected chi connectivity index (χ0v) is 53.2. The summed E-state index contributed by atoms with van der Waals surface area (Å²) in [5.41, 5.74) is 15.0. The number of unbranched alkanes of at least 4 members (excludes halogenated alkanes) is 24. The van der Waals surface area contributed by atoms with Crippen LogP contribution in [0.2, 0.25) is 0 Å². The molecule has 0 radical (unpaired) electrons. The number of nitrogens with one attached hydrogen (secondary N) is 3. The third-order valence-electron chi connectivity index (χ3n) is 14.6. The van der Waals surface area contributed by atoms with Crippen LogP contribution in [0.15, 0.2) is 0 Å². The van der Waals surface area contributed by atoms with Gasteiger partial charge < -0.3 is 86.7 Å². The Morgan fingerprint density at radius 1 is 0.694 bits per heavy atom. The van der Waals surface area contributed by atoms with Crippen LogP contribution in [-0.2, 0) is 66.3 Å². The summed E-state index contributed by atoms with van der Waals surface area (Å²) < 4.78 is 41.6. The Labute approximate surface area is 506 Å². The van der Waals surface area contributed by atoms with Crippen molar-refractivity contribution in [3.63, 3.8) is 0 Å². The fraction of sp³-hybridized carbons (Fsp3) is 0.881. The predicted molar refractivity (Wildman–Crippen MR) is 321 cm³/mol. The molecule has 0 spiro atoms. The van der Waals surface area contributed by atoms with E-state index in [1.54, 1.807) is 0 Å². The van der Waals surface area contributed by atoms with Gasteiger partial charge in [0.1, 0.15) is 48.6 Å². The summed E-state index contributed by atoms with van der Waals surface area (Å²) in [5.74, 6) is -5.67. The molecule has 26 heteroatoms. The Kier molecular flexibility index (Phi) is 47.8. The highest BCUT2D eigenvalue weighted by Crippen LogP contribution is 2.25. The van der Waals surface area contributed by atoms with E-state index in [-0.39, 0.29) is 32.4 Å². The Morgan fingerprint density at radius 2 is 1.15 bits per heavy atom. The van der Waals surface area contributed by atoms with Gasteiger partial charge in [0.2, 0.25) is 23.6 Å². The number of carbonyl (C=O) groups is 7. The topological polar surface area (TPSA) is 407 Å². The molecule has 1 fully saturated rings. The summed E-state index contributed by atoms with van der Waals surface area (Å²) >= 11 is 0. The van der Waals surface area contributed by atoms with Crippen molar-refractivity contribution in [1.82, 2.24) is 16.0 Å². The van der Waals surface area contributed by atoms with Crippen LogP contribution in [0.4, 0.5) is 0 Å². The fourth-order valence-corrected chi connectivity index (χ4v) is 9.86. The van der Waals surface area contributed by atoms with E-state index in [1.165, 1.54) is 130 Å². The van der Waals surface area contributed by atoms with E-state index in [0.29, 0.717) is 12.8 Å². The number of rotatable bonds is 50. The van der Waals surface area contributed by atoms with Gasteiger partial charge in [-0.15, -0.1) is 0 Å². The van der Waals surface area contributed by atoms with Gasteiger partial charge in [-0.2, -0.15) is 0 Å². The molecule has 12 atom stereocenters. The molecule has 0 aliphatic carbocycles. The highest BCUT2D eigenvalue weighted by Gasteiger charge is 2.48. The zero-order chi connectivity index (χ0) is 64.0. The molecule has 25 nitrogen and oxygen atoms in total. The van der Waals surface area contributed by atoms with Gasteiger partial charge in [0.15, 0.2) is 18.5 Å². The van der Waals surface area contributed by atoms with Gasteiger partial charge in [-0.1, -0.05) is 168 Å². The normalized spacial score (nSPS) is 19.5. The number of hydrogen-bond acceptors (Lipinski definition) is 20. The lowest BCUT2D eigenvalue weighted by Crippen LogP contribution is -2.66. The first-order valence-electron chi connectivity index (χ1n) is 31.5. The maximum absolute atomic E-state index is 14.0. The number of nitrogens with two attached hydrogens (primary N) is 3. The second kappa shape index (κ2) is 50.0. The van der Waals surface area contributed by atoms with Gasteiger partial charge in [-0.3, -0.25) is 33.3 Å². The molecule has 1 rings (SSSR count). The first-order valence-corrected chi connectivity index (χ1v) is 32.7. The van der Waals surface area contributed by atoms with Crippen molar-refractivity contribution in [2.75, 3.05) is 33.0 Å². The summed E-state index contributed by atoms with van der Waals surface area (Å²) in [6.07, 6.45) is 18.3. The number of esters is 3. The second-order valence-electron chi connectivity index (χ2n) is 22.6. The Morgan fingerprint density at radius 3 is 1.55 bits per heavy atom. The van der Waals surface area contributed by atoms with Crippen molar-refractivity contribution in [3.8, 4) is 0 Å². The average Bonchev–Trinajstić information content (AvgIpc) is 2.26. The number of aliphatic hydroxyl groups is 4. The minimum absolute atomic E-state index is 0.0214. The highest BCUT2D eigenvalue weighted by molar-refractivity contribution is 7.32. The van der Waals surface area contributed by atoms with E-state index >= 15 is 0 Å². The van der Waals surface area contributed by atoms with E-state index in [1.807, 2.05) is 0 Å². The molecule has 0 aromatic heterocycles. The van der Waals surface area contributed by atoms with Crippen LogP contribution in [0.25, 0.3) is 0 Å². The molecule has 1 heterocycles. The predicted octanol–water partition coefficient (Wildman–Crippen LogP) is 4.97. The highest BCUT2D eigenvalue weighted by atomic mass is 31.1.